The molecule has 0 unspecified atom stereocenters. The van der Waals surface area contributed by atoms with Crippen LogP contribution in [0.25, 0.3) is 0 Å². The zero-order valence-corrected chi connectivity index (χ0v) is 13.6. The average molecular weight is 335 g/mol. The van der Waals surface area contributed by atoms with Crippen molar-refractivity contribution in [3.8, 4) is 6.07 Å². The number of nitrogens with zero attached hydrogens (tertiary/aromatic N) is 1. The second-order valence-electron chi connectivity index (χ2n) is 4.98. The Morgan fingerprint density at radius 3 is 2.50 bits per heavy atom. The van der Waals surface area contributed by atoms with E-state index in [4.69, 9.17) is 10.00 Å². The predicted octanol–water partition coefficient (Wildman–Crippen LogP) is 0.883. The summed E-state index contributed by atoms with van der Waals surface area (Å²) < 4.78 is 18.0. The monoisotopic (exact) mass is 335 g/mol. The number of hydrogen-bond donors (Lipinski definition) is 2. The van der Waals surface area contributed by atoms with E-state index in [2.05, 4.69) is 10.6 Å². The van der Waals surface area contributed by atoms with Crippen LogP contribution in [-0.2, 0) is 14.3 Å². The summed E-state index contributed by atoms with van der Waals surface area (Å²) in [5.74, 6) is -2.53. The molecule has 1 aromatic carbocycles. The van der Waals surface area contributed by atoms with E-state index in [0.717, 1.165) is 12.1 Å². The van der Waals surface area contributed by atoms with Crippen LogP contribution in [0.15, 0.2) is 18.2 Å². The van der Waals surface area contributed by atoms with Crippen molar-refractivity contribution in [3.63, 3.8) is 0 Å². The molecule has 2 atom stereocenters. The first-order chi connectivity index (χ1) is 11.3. The average Bonchev–Trinajstić information content (AvgIpc) is 2.55. The fourth-order valence-corrected chi connectivity index (χ4v) is 1.76. The van der Waals surface area contributed by atoms with Gasteiger partial charge in [0.15, 0.2) is 0 Å². The highest BCUT2D eigenvalue weighted by Crippen LogP contribution is 2.09. The van der Waals surface area contributed by atoms with Gasteiger partial charge in [0.1, 0.15) is 24.0 Å². The summed E-state index contributed by atoms with van der Waals surface area (Å²) in [6.07, 6.45) is 0. The minimum Gasteiger partial charge on any atom is -0.464 e. The van der Waals surface area contributed by atoms with Crippen LogP contribution in [-0.4, -0.2) is 36.5 Å². The van der Waals surface area contributed by atoms with Crippen molar-refractivity contribution in [2.45, 2.75) is 32.9 Å². The SMILES string of the molecule is CCOC(=O)[C@@H](C)NC(=O)[C@H](C)NC(=O)c1ccc(F)c(C#N)c1. The van der Waals surface area contributed by atoms with E-state index in [1.54, 1.807) is 13.0 Å². The maximum absolute atomic E-state index is 13.2. The van der Waals surface area contributed by atoms with Crippen LogP contribution in [0, 0.1) is 17.1 Å². The Balaban J connectivity index is 2.68. The molecule has 1 rings (SSSR count). The molecule has 0 aliphatic rings. The molecule has 128 valence electrons. The highest BCUT2D eigenvalue weighted by Gasteiger charge is 2.22. The molecule has 24 heavy (non-hydrogen) atoms. The smallest absolute Gasteiger partial charge is 0.328 e. The molecule has 0 saturated heterocycles. The topological polar surface area (TPSA) is 108 Å². The fraction of sp³-hybridized carbons (Fsp3) is 0.375. The van der Waals surface area contributed by atoms with Gasteiger partial charge in [0.2, 0.25) is 5.91 Å². The third kappa shape index (κ3) is 5.05. The lowest BCUT2D eigenvalue weighted by molar-refractivity contribution is -0.147. The van der Waals surface area contributed by atoms with E-state index in [0.29, 0.717) is 0 Å². The standard InChI is InChI=1S/C16H18FN3O4/c1-4-24-16(23)10(3)20-14(21)9(2)19-15(22)11-5-6-13(17)12(7-11)8-18/h5-7,9-10H,4H2,1-3H3,(H,19,22)(H,20,21)/t9-,10+/m0/s1. The number of carbonyl (C=O) groups is 3. The first kappa shape index (κ1) is 19.1. The third-order valence-corrected chi connectivity index (χ3v) is 3.09. The van der Waals surface area contributed by atoms with Crippen molar-refractivity contribution in [2.24, 2.45) is 0 Å². The molecule has 2 N–H and O–H groups in total. The summed E-state index contributed by atoms with van der Waals surface area (Å²) in [5.41, 5.74) is -0.221. The van der Waals surface area contributed by atoms with Crippen LogP contribution in [0.3, 0.4) is 0 Å². The number of esters is 1. The van der Waals surface area contributed by atoms with E-state index in [1.165, 1.54) is 19.9 Å². The zero-order chi connectivity index (χ0) is 18.3. The van der Waals surface area contributed by atoms with Crippen molar-refractivity contribution in [2.75, 3.05) is 6.61 Å². The maximum Gasteiger partial charge on any atom is 0.328 e. The Morgan fingerprint density at radius 2 is 1.92 bits per heavy atom. The van der Waals surface area contributed by atoms with Crippen LogP contribution in [0.1, 0.15) is 36.7 Å². The zero-order valence-electron chi connectivity index (χ0n) is 13.6. The van der Waals surface area contributed by atoms with Gasteiger partial charge < -0.3 is 15.4 Å². The number of ether oxygens (including phenoxy) is 1. The van der Waals surface area contributed by atoms with Crippen LogP contribution >= 0.6 is 0 Å². The summed E-state index contributed by atoms with van der Waals surface area (Å²) in [6, 6.07) is 3.14. The van der Waals surface area contributed by atoms with Crippen LogP contribution < -0.4 is 10.6 Å². The molecule has 7 nitrogen and oxygen atoms in total. The molecular weight excluding hydrogens is 317 g/mol. The molecule has 0 heterocycles. The van der Waals surface area contributed by atoms with Gasteiger partial charge in [-0.2, -0.15) is 5.26 Å². The van der Waals surface area contributed by atoms with Crippen LogP contribution in [0.2, 0.25) is 0 Å². The normalized spacial score (nSPS) is 12.5. The number of carbonyl (C=O) groups excluding carboxylic acids is 3. The first-order valence-electron chi connectivity index (χ1n) is 7.27. The van der Waals surface area contributed by atoms with Crippen LogP contribution in [0.4, 0.5) is 4.39 Å². The predicted molar refractivity (Wildman–Crippen MR) is 82.3 cm³/mol. The largest absolute Gasteiger partial charge is 0.464 e. The number of nitrogens with one attached hydrogen (secondary N) is 2. The second-order valence-corrected chi connectivity index (χ2v) is 4.98. The van der Waals surface area contributed by atoms with Gasteiger partial charge >= 0.3 is 5.97 Å². The minimum absolute atomic E-state index is 0.0473. The van der Waals surface area contributed by atoms with Crippen molar-refractivity contribution in [1.82, 2.24) is 10.6 Å². The Morgan fingerprint density at radius 1 is 1.25 bits per heavy atom. The van der Waals surface area contributed by atoms with Gasteiger partial charge in [0.05, 0.1) is 12.2 Å². The van der Waals surface area contributed by atoms with Crippen molar-refractivity contribution in [1.29, 1.82) is 5.26 Å². The number of amides is 2. The fourth-order valence-electron chi connectivity index (χ4n) is 1.76. The number of rotatable bonds is 6. The molecule has 0 fully saturated rings. The van der Waals surface area contributed by atoms with Gasteiger partial charge in [0, 0.05) is 5.56 Å². The lowest BCUT2D eigenvalue weighted by Gasteiger charge is -2.17. The maximum atomic E-state index is 13.2. The van der Waals surface area contributed by atoms with E-state index in [1.807, 2.05) is 0 Å². The molecule has 0 radical (unpaired) electrons. The summed E-state index contributed by atoms with van der Waals surface area (Å²) in [4.78, 5) is 35.5. The summed E-state index contributed by atoms with van der Waals surface area (Å²) >= 11 is 0. The minimum atomic E-state index is -0.940. The van der Waals surface area contributed by atoms with E-state index < -0.39 is 35.7 Å². The molecule has 2 amide bonds. The van der Waals surface area contributed by atoms with E-state index in [9.17, 15) is 18.8 Å². The summed E-state index contributed by atoms with van der Waals surface area (Å²) in [6.45, 7) is 4.73. The first-order valence-corrected chi connectivity index (χ1v) is 7.27. The Hall–Kier alpha value is -2.95. The van der Waals surface area contributed by atoms with Gasteiger partial charge in [-0.1, -0.05) is 0 Å². The van der Waals surface area contributed by atoms with Gasteiger partial charge in [0.25, 0.3) is 5.91 Å². The molecule has 0 bridgehead atoms. The highest BCUT2D eigenvalue weighted by molar-refractivity contribution is 5.98. The lowest BCUT2D eigenvalue weighted by atomic mass is 10.1. The Labute approximate surface area is 138 Å². The summed E-state index contributed by atoms with van der Waals surface area (Å²) in [5, 5.41) is 13.6. The van der Waals surface area contributed by atoms with Crippen molar-refractivity contribution >= 4 is 17.8 Å². The van der Waals surface area contributed by atoms with Gasteiger partial charge in [-0.25, -0.2) is 9.18 Å². The summed E-state index contributed by atoms with van der Waals surface area (Å²) in [7, 11) is 0. The second kappa shape index (κ2) is 8.62. The number of hydrogen-bond acceptors (Lipinski definition) is 5. The van der Waals surface area contributed by atoms with Gasteiger partial charge in [-0.3, -0.25) is 9.59 Å². The molecular formula is C16H18FN3O4. The van der Waals surface area contributed by atoms with Crippen LogP contribution in [0.5, 0.6) is 0 Å². The molecule has 0 aromatic heterocycles. The van der Waals surface area contributed by atoms with E-state index >= 15 is 0 Å². The number of halogens is 1. The molecule has 0 aliphatic heterocycles. The van der Waals surface area contributed by atoms with Crippen molar-refractivity contribution in [3.05, 3.63) is 35.1 Å². The molecule has 0 aliphatic carbocycles. The number of nitriles is 1. The highest BCUT2D eigenvalue weighted by atomic mass is 19.1. The Kier molecular flexibility index (Phi) is 6.86. The quantitative estimate of drug-likeness (QED) is 0.750. The molecule has 0 spiro atoms. The lowest BCUT2D eigenvalue weighted by Crippen LogP contribution is -2.49. The molecule has 0 saturated carbocycles. The van der Waals surface area contributed by atoms with Gasteiger partial charge in [-0.15, -0.1) is 0 Å². The van der Waals surface area contributed by atoms with E-state index in [-0.39, 0.29) is 17.7 Å². The molecule has 8 heteroatoms. The third-order valence-electron chi connectivity index (χ3n) is 3.09. The number of benzene rings is 1. The Bertz CT molecular complexity index is 684. The molecule has 1 aromatic rings. The van der Waals surface area contributed by atoms with Gasteiger partial charge in [-0.05, 0) is 39.0 Å². The van der Waals surface area contributed by atoms with Crippen molar-refractivity contribution < 1.29 is 23.5 Å².